The van der Waals surface area contributed by atoms with Gasteiger partial charge in [0.25, 0.3) is 0 Å². The van der Waals surface area contributed by atoms with E-state index >= 15 is 0 Å². The van der Waals surface area contributed by atoms with E-state index in [1.807, 2.05) is 0 Å². The summed E-state index contributed by atoms with van der Waals surface area (Å²) in [5, 5.41) is 0. The molecule has 142 valence electrons. The van der Waals surface area contributed by atoms with Crippen LogP contribution in [0.2, 0.25) is 0 Å². The van der Waals surface area contributed by atoms with Gasteiger partial charge < -0.3 is 14.2 Å². The summed E-state index contributed by atoms with van der Waals surface area (Å²) in [7, 11) is 0. The predicted octanol–water partition coefficient (Wildman–Crippen LogP) is 5.06. The summed E-state index contributed by atoms with van der Waals surface area (Å²) < 4.78 is 15.8. The highest BCUT2D eigenvalue weighted by molar-refractivity contribution is 5.69. The van der Waals surface area contributed by atoms with Crippen LogP contribution in [0.25, 0.3) is 0 Å². The van der Waals surface area contributed by atoms with Crippen molar-refractivity contribution in [3.05, 3.63) is 12.2 Å². The summed E-state index contributed by atoms with van der Waals surface area (Å²) in [4.78, 5) is 11.5. The Kier molecular flexibility index (Phi) is 19.4. The van der Waals surface area contributed by atoms with Crippen molar-refractivity contribution in [1.82, 2.24) is 0 Å². The molecule has 0 aromatic rings. The number of carbonyl (C=O) groups excluding carboxylic acids is 1. The number of esters is 1. The van der Waals surface area contributed by atoms with Crippen LogP contribution in [0.1, 0.15) is 78.1 Å². The maximum Gasteiger partial charge on any atom is 0.305 e. The van der Waals surface area contributed by atoms with E-state index in [-0.39, 0.29) is 5.97 Å². The highest BCUT2D eigenvalue weighted by atomic mass is 16.6. The first-order chi connectivity index (χ1) is 11.8. The van der Waals surface area contributed by atoms with Gasteiger partial charge in [0.1, 0.15) is 6.61 Å². The lowest BCUT2D eigenvalue weighted by Gasteiger charge is -2.06. The van der Waals surface area contributed by atoms with E-state index in [9.17, 15) is 4.79 Å². The van der Waals surface area contributed by atoms with E-state index in [4.69, 9.17) is 14.2 Å². The molecule has 0 aromatic heterocycles. The van der Waals surface area contributed by atoms with Gasteiger partial charge in [0, 0.05) is 13.0 Å². The summed E-state index contributed by atoms with van der Waals surface area (Å²) in [6.07, 6.45) is 15.5. The van der Waals surface area contributed by atoms with Crippen LogP contribution < -0.4 is 0 Å². The molecule has 0 unspecified atom stereocenters. The molecule has 0 radical (unpaired) electrons. The lowest BCUT2D eigenvalue weighted by atomic mass is 10.1. The predicted molar refractivity (Wildman–Crippen MR) is 99.3 cm³/mol. The van der Waals surface area contributed by atoms with Gasteiger partial charge in [-0.1, -0.05) is 51.7 Å². The van der Waals surface area contributed by atoms with E-state index in [1.54, 1.807) is 0 Å². The molecule has 0 saturated carbocycles. The van der Waals surface area contributed by atoms with Gasteiger partial charge in [-0.15, -0.1) is 0 Å². The molecule has 0 aliphatic carbocycles. The minimum absolute atomic E-state index is 0.111. The lowest BCUT2D eigenvalue weighted by Crippen LogP contribution is -2.12. The largest absolute Gasteiger partial charge is 0.463 e. The second-order valence-electron chi connectivity index (χ2n) is 6.01. The summed E-state index contributed by atoms with van der Waals surface area (Å²) in [5.41, 5.74) is 0. The summed E-state index contributed by atoms with van der Waals surface area (Å²) >= 11 is 0. The van der Waals surface area contributed by atoms with E-state index in [0.717, 1.165) is 32.3 Å². The average Bonchev–Trinajstić information content (AvgIpc) is 2.59. The Morgan fingerprint density at radius 1 is 0.708 bits per heavy atom. The number of ether oxygens (including phenoxy) is 3. The smallest absolute Gasteiger partial charge is 0.305 e. The molecule has 0 aliphatic heterocycles. The van der Waals surface area contributed by atoms with Crippen LogP contribution in [0, 0.1) is 0 Å². The van der Waals surface area contributed by atoms with Crippen molar-refractivity contribution in [1.29, 1.82) is 0 Å². The molecular formula is C20H38O4. The van der Waals surface area contributed by atoms with Crippen LogP contribution in [0.3, 0.4) is 0 Å². The van der Waals surface area contributed by atoms with Crippen LogP contribution in [-0.2, 0) is 19.0 Å². The van der Waals surface area contributed by atoms with Crippen molar-refractivity contribution in [3.8, 4) is 0 Å². The molecule has 0 N–H and O–H groups in total. The minimum Gasteiger partial charge on any atom is -0.463 e. The monoisotopic (exact) mass is 342 g/mol. The summed E-state index contributed by atoms with van der Waals surface area (Å²) in [6, 6.07) is 0. The first-order valence-corrected chi connectivity index (χ1v) is 9.77. The SMILES string of the molecule is CCCC/C=C\CCCCCCC(=O)OCCOCCOCCC. The van der Waals surface area contributed by atoms with E-state index in [1.165, 1.54) is 32.1 Å². The van der Waals surface area contributed by atoms with E-state index < -0.39 is 0 Å². The maximum atomic E-state index is 11.5. The van der Waals surface area contributed by atoms with Crippen LogP contribution in [0.4, 0.5) is 0 Å². The van der Waals surface area contributed by atoms with Crippen LogP contribution in [0.15, 0.2) is 12.2 Å². The van der Waals surface area contributed by atoms with Gasteiger partial charge in [-0.3, -0.25) is 4.79 Å². The number of carbonyl (C=O) groups is 1. The molecule has 0 rings (SSSR count). The molecule has 4 heteroatoms. The quantitative estimate of drug-likeness (QED) is 0.198. The van der Waals surface area contributed by atoms with Crippen LogP contribution in [0.5, 0.6) is 0 Å². The Labute approximate surface area is 148 Å². The number of unbranched alkanes of at least 4 members (excludes halogenated alkanes) is 6. The zero-order chi connectivity index (χ0) is 17.7. The summed E-state index contributed by atoms with van der Waals surface area (Å²) in [6.45, 7) is 7.02. The molecule has 0 aliphatic rings. The van der Waals surface area contributed by atoms with Gasteiger partial charge in [-0.05, 0) is 32.1 Å². The second kappa shape index (κ2) is 20.2. The number of rotatable bonds is 18. The van der Waals surface area contributed by atoms with Crippen molar-refractivity contribution >= 4 is 5.97 Å². The molecule has 0 aromatic carbocycles. The molecule has 0 atom stereocenters. The lowest BCUT2D eigenvalue weighted by molar-refractivity contribution is -0.145. The second-order valence-corrected chi connectivity index (χ2v) is 6.01. The van der Waals surface area contributed by atoms with Crippen molar-refractivity contribution in [3.63, 3.8) is 0 Å². The average molecular weight is 343 g/mol. The molecular weight excluding hydrogens is 304 g/mol. The van der Waals surface area contributed by atoms with Crippen LogP contribution in [-0.4, -0.2) is 39.0 Å². The third kappa shape index (κ3) is 19.2. The molecule has 4 nitrogen and oxygen atoms in total. The standard InChI is InChI=1S/C20H38O4/c1-3-5-6-7-8-9-10-11-12-13-14-20(21)24-19-18-23-17-16-22-15-4-2/h7-8H,3-6,9-19H2,1-2H3/b8-7-. The van der Waals surface area contributed by atoms with Gasteiger partial charge >= 0.3 is 5.97 Å². The first-order valence-electron chi connectivity index (χ1n) is 9.77. The number of hydrogen-bond acceptors (Lipinski definition) is 4. The normalized spacial score (nSPS) is 11.2. The van der Waals surface area contributed by atoms with E-state index in [2.05, 4.69) is 26.0 Å². The Balaban J connectivity index is 3.19. The van der Waals surface area contributed by atoms with Gasteiger partial charge in [0.15, 0.2) is 0 Å². The summed E-state index contributed by atoms with van der Waals surface area (Å²) in [5.74, 6) is -0.111. The fraction of sp³-hybridized carbons (Fsp3) is 0.850. The van der Waals surface area contributed by atoms with Crippen molar-refractivity contribution in [2.45, 2.75) is 78.1 Å². The maximum absolute atomic E-state index is 11.5. The van der Waals surface area contributed by atoms with Gasteiger partial charge in [0.2, 0.25) is 0 Å². The molecule has 0 bridgehead atoms. The van der Waals surface area contributed by atoms with Gasteiger partial charge in [-0.25, -0.2) is 0 Å². The molecule has 0 saturated heterocycles. The first kappa shape index (κ1) is 23.1. The van der Waals surface area contributed by atoms with Gasteiger partial charge in [0.05, 0.1) is 19.8 Å². The fourth-order valence-electron chi connectivity index (χ4n) is 2.20. The Bertz CT molecular complexity index is 289. The highest BCUT2D eigenvalue weighted by Gasteiger charge is 2.02. The highest BCUT2D eigenvalue weighted by Crippen LogP contribution is 2.07. The Morgan fingerprint density at radius 3 is 2.04 bits per heavy atom. The van der Waals surface area contributed by atoms with Crippen LogP contribution >= 0.6 is 0 Å². The zero-order valence-electron chi connectivity index (χ0n) is 15.9. The molecule has 24 heavy (non-hydrogen) atoms. The fourth-order valence-corrected chi connectivity index (χ4v) is 2.20. The third-order valence-electron chi connectivity index (χ3n) is 3.60. The Morgan fingerprint density at radius 2 is 1.33 bits per heavy atom. The Hall–Kier alpha value is -0.870. The molecule has 0 heterocycles. The van der Waals surface area contributed by atoms with Crippen molar-refractivity contribution < 1.29 is 19.0 Å². The van der Waals surface area contributed by atoms with Crippen molar-refractivity contribution in [2.24, 2.45) is 0 Å². The van der Waals surface area contributed by atoms with Gasteiger partial charge in [-0.2, -0.15) is 0 Å². The number of hydrogen-bond donors (Lipinski definition) is 0. The zero-order valence-corrected chi connectivity index (χ0v) is 15.9. The minimum atomic E-state index is -0.111. The topological polar surface area (TPSA) is 44.8 Å². The molecule has 0 fully saturated rings. The van der Waals surface area contributed by atoms with Crippen molar-refractivity contribution in [2.75, 3.05) is 33.0 Å². The molecule has 0 amide bonds. The third-order valence-corrected chi connectivity index (χ3v) is 3.60. The van der Waals surface area contributed by atoms with E-state index in [0.29, 0.717) is 32.8 Å². The number of allylic oxidation sites excluding steroid dienone is 2. The molecule has 0 spiro atoms.